The van der Waals surface area contributed by atoms with Gasteiger partial charge in [-0.1, -0.05) is 5.21 Å². The maximum absolute atomic E-state index is 12.5. The van der Waals surface area contributed by atoms with Crippen LogP contribution in [0, 0.1) is 5.92 Å². The number of hydrogen-bond donors (Lipinski definition) is 1. The van der Waals surface area contributed by atoms with Gasteiger partial charge in [0.25, 0.3) is 0 Å². The molecule has 3 saturated carbocycles. The van der Waals surface area contributed by atoms with E-state index >= 15 is 0 Å². The molecule has 2 aromatic heterocycles. The first kappa shape index (κ1) is 23.6. The van der Waals surface area contributed by atoms with Crippen LogP contribution in [0.1, 0.15) is 75.1 Å². The normalized spacial score (nSPS) is 22.3. The van der Waals surface area contributed by atoms with Crippen molar-refractivity contribution < 1.29 is 24.2 Å². The van der Waals surface area contributed by atoms with Crippen molar-refractivity contribution in [1.82, 2.24) is 24.9 Å². The number of rotatable bonds is 8. The Morgan fingerprint density at radius 2 is 1.91 bits per heavy atom. The second-order valence-electron chi connectivity index (χ2n) is 10.1. The van der Waals surface area contributed by atoms with Gasteiger partial charge in [-0.3, -0.25) is 4.79 Å². The molecule has 2 atom stereocenters. The summed E-state index contributed by atoms with van der Waals surface area (Å²) in [6.45, 7) is 0.0616. The number of carbonyl (C=O) groups is 2. The third kappa shape index (κ3) is 5.11. The molecule has 3 fully saturated rings. The summed E-state index contributed by atoms with van der Waals surface area (Å²) < 4.78 is 13.5. The molecular weight excluding hydrogens is 450 g/mol. The van der Waals surface area contributed by atoms with Gasteiger partial charge >= 0.3 is 12.1 Å². The Labute approximate surface area is 204 Å². The number of ether oxygens (including phenoxy) is 2. The lowest BCUT2D eigenvalue weighted by molar-refractivity contribution is -0.143. The van der Waals surface area contributed by atoms with E-state index in [4.69, 9.17) is 14.5 Å². The Balaban J connectivity index is 1.32. The van der Waals surface area contributed by atoms with Gasteiger partial charge in [0.1, 0.15) is 23.7 Å². The maximum Gasteiger partial charge on any atom is 0.410 e. The highest BCUT2D eigenvalue weighted by Gasteiger charge is 2.33. The average molecular weight is 484 g/mol. The number of aliphatic carboxylic acids is 1. The molecule has 0 aliphatic heterocycles. The largest absolute Gasteiger partial charge is 0.488 e. The lowest BCUT2D eigenvalue weighted by atomic mass is 9.87. The van der Waals surface area contributed by atoms with Gasteiger partial charge in [0.15, 0.2) is 0 Å². The zero-order chi connectivity index (χ0) is 24.5. The second kappa shape index (κ2) is 9.83. The highest BCUT2D eigenvalue weighted by molar-refractivity contribution is 5.70. The minimum atomic E-state index is -0.746. The second-order valence-corrected chi connectivity index (χ2v) is 10.1. The van der Waals surface area contributed by atoms with Crippen LogP contribution in [0.2, 0.25) is 0 Å². The first-order valence-electron chi connectivity index (χ1n) is 12.6. The van der Waals surface area contributed by atoms with Crippen LogP contribution in [-0.2, 0) is 23.2 Å². The summed E-state index contributed by atoms with van der Waals surface area (Å²) >= 11 is 0. The fraction of sp³-hybridized carbons (Fsp3) is 0.640. The first-order valence-corrected chi connectivity index (χ1v) is 12.6. The summed E-state index contributed by atoms with van der Waals surface area (Å²) in [7, 11) is 3.55. The molecule has 1 amide bonds. The predicted molar refractivity (Wildman–Crippen MR) is 126 cm³/mol. The van der Waals surface area contributed by atoms with E-state index in [0.29, 0.717) is 35.8 Å². The number of hydrogen-bond acceptors (Lipinski definition) is 7. The average Bonchev–Trinajstić information content (AvgIpc) is 3.59. The van der Waals surface area contributed by atoms with Gasteiger partial charge in [-0.25, -0.2) is 14.5 Å². The molecule has 10 heteroatoms. The molecule has 2 heterocycles. The van der Waals surface area contributed by atoms with Gasteiger partial charge in [0.2, 0.25) is 0 Å². The zero-order valence-corrected chi connectivity index (χ0v) is 20.4. The van der Waals surface area contributed by atoms with Crippen LogP contribution in [0.15, 0.2) is 12.1 Å². The van der Waals surface area contributed by atoms with Crippen molar-refractivity contribution in [3.8, 4) is 17.1 Å². The summed E-state index contributed by atoms with van der Waals surface area (Å²) in [5.74, 6) is -0.0355. The van der Waals surface area contributed by atoms with Crippen LogP contribution in [0.4, 0.5) is 4.79 Å². The van der Waals surface area contributed by atoms with Crippen molar-refractivity contribution in [3.05, 3.63) is 23.5 Å². The van der Waals surface area contributed by atoms with Crippen LogP contribution in [0.3, 0.4) is 0 Å². The number of carboxylic acid groups (broad SMARTS) is 1. The Morgan fingerprint density at radius 1 is 1.14 bits per heavy atom. The number of aromatic nitrogens is 4. The SMILES string of the molecule is CN(C(=O)OCc1c(-c2ccc(O[C@H]3CCC[C@H](C(=O)O)C3)c(C3CC3)n2)nnn1C)C1CCC1. The summed E-state index contributed by atoms with van der Waals surface area (Å²) in [4.78, 5) is 30.5. The van der Waals surface area contributed by atoms with E-state index in [1.807, 2.05) is 12.1 Å². The van der Waals surface area contributed by atoms with Gasteiger partial charge in [-0.2, -0.15) is 0 Å². The smallest absolute Gasteiger partial charge is 0.410 e. The Bertz CT molecular complexity index is 1090. The highest BCUT2D eigenvalue weighted by atomic mass is 16.6. The van der Waals surface area contributed by atoms with Crippen molar-refractivity contribution in [2.45, 2.75) is 82.5 Å². The molecule has 3 aliphatic carbocycles. The van der Waals surface area contributed by atoms with E-state index in [2.05, 4.69) is 10.3 Å². The summed E-state index contributed by atoms with van der Waals surface area (Å²) in [6, 6.07) is 4.03. The number of nitrogens with zero attached hydrogens (tertiary/aromatic N) is 5. The molecule has 0 aromatic carbocycles. The molecule has 1 N–H and O–H groups in total. The fourth-order valence-electron chi connectivity index (χ4n) is 4.89. The van der Waals surface area contributed by atoms with E-state index in [0.717, 1.165) is 56.4 Å². The van der Waals surface area contributed by atoms with Crippen molar-refractivity contribution in [2.24, 2.45) is 13.0 Å². The minimum absolute atomic E-state index is 0.0616. The van der Waals surface area contributed by atoms with E-state index in [9.17, 15) is 14.7 Å². The number of pyridine rings is 1. The van der Waals surface area contributed by atoms with Gasteiger partial charge in [-0.05, 0) is 69.9 Å². The zero-order valence-electron chi connectivity index (χ0n) is 20.4. The molecule has 0 radical (unpaired) electrons. The van der Waals surface area contributed by atoms with Crippen LogP contribution in [0.25, 0.3) is 11.4 Å². The monoisotopic (exact) mass is 483 g/mol. The minimum Gasteiger partial charge on any atom is -0.488 e. The van der Waals surface area contributed by atoms with Crippen LogP contribution < -0.4 is 4.74 Å². The molecule has 35 heavy (non-hydrogen) atoms. The molecule has 3 aliphatic rings. The Kier molecular flexibility index (Phi) is 6.62. The number of aryl methyl sites for hydroxylation is 1. The molecule has 0 unspecified atom stereocenters. The van der Waals surface area contributed by atoms with E-state index in [1.54, 1.807) is 23.7 Å². The topological polar surface area (TPSA) is 120 Å². The van der Waals surface area contributed by atoms with Crippen molar-refractivity contribution >= 4 is 12.1 Å². The Hall–Kier alpha value is -3.17. The summed E-state index contributed by atoms with van der Waals surface area (Å²) in [5, 5.41) is 17.8. The molecule has 0 spiro atoms. The predicted octanol–water partition coefficient (Wildman–Crippen LogP) is 3.90. The number of amides is 1. The number of carbonyl (C=O) groups excluding carboxylic acids is 1. The third-order valence-corrected chi connectivity index (χ3v) is 7.55. The lowest BCUT2D eigenvalue weighted by Gasteiger charge is -2.33. The van der Waals surface area contributed by atoms with E-state index in [1.165, 1.54) is 0 Å². The summed E-state index contributed by atoms with van der Waals surface area (Å²) in [5.41, 5.74) is 2.82. The highest BCUT2D eigenvalue weighted by Crippen LogP contribution is 2.45. The molecule has 5 rings (SSSR count). The van der Waals surface area contributed by atoms with Crippen molar-refractivity contribution in [3.63, 3.8) is 0 Å². The van der Waals surface area contributed by atoms with Gasteiger partial charge in [0.05, 0.1) is 23.4 Å². The fourth-order valence-corrected chi connectivity index (χ4v) is 4.89. The molecule has 0 saturated heterocycles. The molecular formula is C25H33N5O5. The number of carboxylic acids is 1. The quantitative estimate of drug-likeness (QED) is 0.600. The van der Waals surface area contributed by atoms with Crippen molar-refractivity contribution in [2.75, 3.05) is 7.05 Å². The first-order chi connectivity index (χ1) is 16.9. The third-order valence-electron chi connectivity index (χ3n) is 7.55. The van der Waals surface area contributed by atoms with E-state index in [-0.39, 0.29) is 30.8 Å². The Morgan fingerprint density at radius 3 is 2.60 bits per heavy atom. The van der Waals surface area contributed by atoms with Crippen LogP contribution in [0.5, 0.6) is 5.75 Å². The molecule has 10 nitrogen and oxygen atoms in total. The van der Waals surface area contributed by atoms with Gasteiger partial charge in [-0.15, -0.1) is 5.10 Å². The molecule has 188 valence electrons. The van der Waals surface area contributed by atoms with Crippen molar-refractivity contribution in [1.29, 1.82) is 0 Å². The van der Waals surface area contributed by atoms with Gasteiger partial charge in [0, 0.05) is 26.1 Å². The van der Waals surface area contributed by atoms with Crippen LogP contribution in [-0.4, -0.2) is 61.2 Å². The molecule has 2 aromatic rings. The lowest BCUT2D eigenvalue weighted by Crippen LogP contribution is -2.41. The maximum atomic E-state index is 12.5. The van der Waals surface area contributed by atoms with Gasteiger partial charge < -0.3 is 19.5 Å². The van der Waals surface area contributed by atoms with Crippen LogP contribution >= 0.6 is 0 Å². The standard InChI is InChI=1S/C25H33N5O5/c1-29(17-6-4-7-17)25(33)34-14-20-23(27-28-30(20)2)19-11-12-21(22(26-19)15-9-10-15)35-18-8-3-5-16(13-18)24(31)32/h11-12,15-18H,3-10,13-14H2,1-2H3,(H,31,32)/t16-,18-/m0/s1. The molecule has 0 bridgehead atoms. The summed E-state index contributed by atoms with van der Waals surface area (Å²) in [6.07, 6.45) is 7.75. The van der Waals surface area contributed by atoms with E-state index < -0.39 is 5.97 Å².